The fourth-order valence-corrected chi connectivity index (χ4v) is 3.64. The summed E-state index contributed by atoms with van der Waals surface area (Å²) in [5.41, 5.74) is 1.20. The largest absolute Gasteiger partial charge is 0.353 e. The highest BCUT2D eigenvalue weighted by Gasteiger charge is 2.27. The van der Waals surface area contributed by atoms with Crippen molar-refractivity contribution in [2.24, 2.45) is 5.92 Å². The van der Waals surface area contributed by atoms with Crippen molar-refractivity contribution in [3.63, 3.8) is 0 Å². The molecule has 148 valence electrons. The zero-order valence-electron chi connectivity index (χ0n) is 16.5. The fourth-order valence-electron chi connectivity index (χ4n) is 3.64. The smallest absolute Gasteiger partial charge is 0.257 e. The molecule has 0 radical (unpaired) electrons. The highest BCUT2D eigenvalue weighted by Crippen LogP contribution is 2.26. The summed E-state index contributed by atoms with van der Waals surface area (Å²) in [6.45, 7) is 9.19. The van der Waals surface area contributed by atoms with Gasteiger partial charge in [0.05, 0.1) is 17.4 Å². The fraction of sp³-hybridized carbons (Fsp3) is 0.650. The highest BCUT2D eigenvalue weighted by molar-refractivity contribution is 6.01. The van der Waals surface area contributed by atoms with E-state index in [0.29, 0.717) is 23.6 Å². The SMILES string of the molecule is CCCC(=O)Nc1cnc(N2CCNCC2)c(C(=O)N2CCC(C)CC2)c1. The molecule has 7 nitrogen and oxygen atoms in total. The molecule has 2 amide bonds. The first-order valence-electron chi connectivity index (χ1n) is 10.1. The molecule has 0 atom stereocenters. The van der Waals surface area contributed by atoms with Gasteiger partial charge in [-0.15, -0.1) is 0 Å². The van der Waals surface area contributed by atoms with Crippen LogP contribution in [0.15, 0.2) is 12.3 Å². The molecule has 0 aromatic carbocycles. The average Bonchev–Trinajstić information content (AvgIpc) is 2.69. The van der Waals surface area contributed by atoms with E-state index in [-0.39, 0.29) is 11.8 Å². The van der Waals surface area contributed by atoms with Gasteiger partial charge in [-0.05, 0) is 31.2 Å². The summed E-state index contributed by atoms with van der Waals surface area (Å²) in [7, 11) is 0. The molecule has 2 N–H and O–H groups in total. The lowest BCUT2D eigenvalue weighted by molar-refractivity contribution is -0.116. The van der Waals surface area contributed by atoms with Gasteiger partial charge in [-0.1, -0.05) is 13.8 Å². The van der Waals surface area contributed by atoms with Gasteiger partial charge in [0.1, 0.15) is 5.82 Å². The molecule has 0 aliphatic carbocycles. The minimum absolute atomic E-state index is 0.0227. The maximum absolute atomic E-state index is 13.3. The number of amides is 2. The summed E-state index contributed by atoms with van der Waals surface area (Å²) < 4.78 is 0. The Bertz CT molecular complexity index is 664. The number of anilines is 2. The first kappa shape index (κ1) is 19.6. The lowest BCUT2D eigenvalue weighted by Crippen LogP contribution is -2.45. The molecule has 27 heavy (non-hydrogen) atoms. The summed E-state index contributed by atoms with van der Waals surface area (Å²) in [6, 6.07) is 1.80. The second-order valence-corrected chi connectivity index (χ2v) is 7.61. The standard InChI is InChI=1S/C20H31N5O2/c1-3-4-18(26)23-16-13-17(20(27)25-9-5-15(2)6-10-25)19(22-14-16)24-11-7-21-8-12-24/h13-15,21H,3-12H2,1-2H3,(H,23,26). The van der Waals surface area contributed by atoms with E-state index in [1.807, 2.05) is 11.8 Å². The van der Waals surface area contributed by atoms with Crippen molar-refractivity contribution in [2.75, 3.05) is 49.5 Å². The molecule has 2 fully saturated rings. The Hall–Kier alpha value is -2.15. The van der Waals surface area contributed by atoms with Crippen LogP contribution in [0.1, 0.15) is 49.9 Å². The molecule has 3 heterocycles. The Morgan fingerprint density at radius 1 is 1.22 bits per heavy atom. The van der Waals surface area contributed by atoms with Gasteiger partial charge < -0.3 is 20.4 Å². The van der Waals surface area contributed by atoms with E-state index in [2.05, 4.69) is 27.4 Å². The van der Waals surface area contributed by atoms with Crippen molar-refractivity contribution < 1.29 is 9.59 Å². The van der Waals surface area contributed by atoms with E-state index >= 15 is 0 Å². The number of hydrogen-bond acceptors (Lipinski definition) is 5. The van der Waals surface area contributed by atoms with Gasteiger partial charge in [-0.2, -0.15) is 0 Å². The summed E-state index contributed by atoms with van der Waals surface area (Å²) in [5, 5.41) is 6.21. The number of likely N-dealkylation sites (tertiary alicyclic amines) is 1. The first-order chi connectivity index (χ1) is 13.1. The number of nitrogens with one attached hydrogen (secondary N) is 2. The van der Waals surface area contributed by atoms with Crippen LogP contribution in [0.4, 0.5) is 11.5 Å². The normalized spacial score (nSPS) is 18.4. The van der Waals surface area contributed by atoms with Gasteiger partial charge in [-0.25, -0.2) is 4.98 Å². The van der Waals surface area contributed by atoms with Crippen LogP contribution in [0.3, 0.4) is 0 Å². The van der Waals surface area contributed by atoms with E-state index in [1.165, 1.54) is 0 Å². The predicted octanol–water partition coefficient (Wildman–Crippen LogP) is 2.10. The van der Waals surface area contributed by atoms with Crippen LogP contribution in [-0.2, 0) is 4.79 Å². The Labute approximate surface area is 161 Å². The number of carbonyl (C=O) groups excluding carboxylic acids is 2. The zero-order valence-corrected chi connectivity index (χ0v) is 16.5. The summed E-state index contributed by atoms with van der Waals surface area (Å²) in [4.78, 5) is 33.9. The third-order valence-electron chi connectivity index (χ3n) is 5.35. The molecular formula is C20H31N5O2. The maximum atomic E-state index is 13.3. The van der Waals surface area contributed by atoms with Gasteiger partial charge in [0.25, 0.3) is 5.91 Å². The van der Waals surface area contributed by atoms with Gasteiger partial charge in [-0.3, -0.25) is 9.59 Å². The molecule has 2 saturated heterocycles. The van der Waals surface area contributed by atoms with Crippen molar-refractivity contribution in [1.29, 1.82) is 0 Å². The Balaban J connectivity index is 1.86. The third-order valence-corrected chi connectivity index (χ3v) is 5.35. The Morgan fingerprint density at radius 2 is 1.93 bits per heavy atom. The summed E-state index contributed by atoms with van der Waals surface area (Å²) >= 11 is 0. The Morgan fingerprint density at radius 3 is 2.59 bits per heavy atom. The monoisotopic (exact) mass is 373 g/mol. The van der Waals surface area contributed by atoms with Crippen LogP contribution in [0.5, 0.6) is 0 Å². The van der Waals surface area contributed by atoms with E-state index in [4.69, 9.17) is 0 Å². The van der Waals surface area contributed by atoms with Gasteiger partial charge in [0.2, 0.25) is 5.91 Å². The van der Waals surface area contributed by atoms with E-state index in [9.17, 15) is 9.59 Å². The lowest BCUT2D eigenvalue weighted by Gasteiger charge is -2.33. The van der Waals surface area contributed by atoms with Crippen molar-refractivity contribution in [3.8, 4) is 0 Å². The van der Waals surface area contributed by atoms with Crippen LogP contribution in [0, 0.1) is 5.92 Å². The van der Waals surface area contributed by atoms with Gasteiger partial charge in [0, 0.05) is 45.7 Å². The van der Waals surface area contributed by atoms with Crippen LogP contribution in [0.2, 0.25) is 0 Å². The number of carbonyl (C=O) groups is 2. The molecule has 0 saturated carbocycles. The van der Waals surface area contributed by atoms with Crippen molar-refractivity contribution in [2.45, 2.75) is 39.5 Å². The first-order valence-corrected chi connectivity index (χ1v) is 10.1. The van der Waals surface area contributed by atoms with Crippen LogP contribution in [-0.4, -0.2) is 61.0 Å². The molecule has 1 aromatic heterocycles. The number of hydrogen-bond donors (Lipinski definition) is 2. The minimum Gasteiger partial charge on any atom is -0.353 e. The lowest BCUT2D eigenvalue weighted by atomic mass is 9.98. The molecule has 1 aromatic rings. The molecule has 7 heteroatoms. The quantitative estimate of drug-likeness (QED) is 0.827. The number of rotatable bonds is 5. The highest BCUT2D eigenvalue weighted by atomic mass is 16.2. The molecular weight excluding hydrogens is 342 g/mol. The van der Waals surface area contributed by atoms with Crippen LogP contribution < -0.4 is 15.5 Å². The molecule has 2 aliphatic heterocycles. The van der Waals surface area contributed by atoms with E-state index < -0.39 is 0 Å². The van der Waals surface area contributed by atoms with Crippen LogP contribution >= 0.6 is 0 Å². The maximum Gasteiger partial charge on any atom is 0.257 e. The van der Waals surface area contributed by atoms with Gasteiger partial charge >= 0.3 is 0 Å². The number of piperazine rings is 1. The predicted molar refractivity (Wildman–Crippen MR) is 107 cm³/mol. The number of piperidine rings is 1. The molecule has 2 aliphatic rings. The topological polar surface area (TPSA) is 77.6 Å². The third kappa shape index (κ3) is 4.97. The Kier molecular flexibility index (Phi) is 6.66. The van der Waals surface area contributed by atoms with E-state index in [0.717, 1.165) is 64.3 Å². The van der Waals surface area contributed by atoms with Crippen molar-refractivity contribution >= 4 is 23.3 Å². The van der Waals surface area contributed by atoms with E-state index in [1.54, 1.807) is 12.3 Å². The molecule has 3 rings (SSSR count). The average molecular weight is 374 g/mol. The van der Waals surface area contributed by atoms with Crippen molar-refractivity contribution in [3.05, 3.63) is 17.8 Å². The van der Waals surface area contributed by atoms with Gasteiger partial charge in [0.15, 0.2) is 0 Å². The number of pyridine rings is 1. The molecule has 0 bridgehead atoms. The molecule has 0 unspecified atom stereocenters. The minimum atomic E-state index is -0.0422. The summed E-state index contributed by atoms with van der Waals surface area (Å²) in [6.07, 6.45) is 4.99. The second-order valence-electron chi connectivity index (χ2n) is 7.61. The second kappa shape index (κ2) is 9.17. The number of nitrogens with zero attached hydrogens (tertiary/aromatic N) is 3. The van der Waals surface area contributed by atoms with Crippen molar-refractivity contribution in [1.82, 2.24) is 15.2 Å². The summed E-state index contributed by atoms with van der Waals surface area (Å²) in [5.74, 6) is 1.38. The molecule has 0 spiro atoms. The zero-order chi connectivity index (χ0) is 19.2. The van der Waals surface area contributed by atoms with Crippen LogP contribution in [0.25, 0.3) is 0 Å². The number of aromatic nitrogens is 1.